The van der Waals surface area contributed by atoms with Gasteiger partial charge in [0.1, 0.15) is 5.82 Å². The number of fused-ring (bicyclic) bond motifs is 1. The van der Waals surface area contributed by atoms with Gasteiger partial charge in [0, 0.05) is 17.1 Å². The van der Waals surface area contributed by atoms with Crippen LogP contribution in [-0.2, 0) is 23.4 Å². The summed E-state index contributed by atoms with van der Waals surface area (Å²) in [7, 11) is 0. The monoisotopic (exact) mass is 306 g/mol. The van der Waals surface area contributed by atoms with E-state index in [0.29, 0.717) is 12.8 Å². The van der Waals surface area contributed by atoms with Crippen LogP contribution in [0.3, 0.4) is 0 Å². The molecule has 0 aliphatic heterocycles. The number of rotatable bonds is 4. The van der Waals surface area contributed by atoms with Gasteiger partial charge in [-0.3, -0.25) is 4.79 Å². The number of thioether (sulfide) groups is 1. The van der Waals surface area contributed by atoms with E-state index in [0.717, 1.165) is 34.5 Å². The number of aromatic nitrogens is 2. The first-order chi connectivity index (χ1) is 10.2. The largest absolute Gasteiger partial charge is 0.481 e. The van der Waals surface area contributed by atoms with Crippen molar-refractivity contribution in [2.75, 3.05) is 0 Å². The molecule has 2 aliphatic carbocycles. The fourth-order valence-electron chi connectivity index (χ4n) is 3.25. The van der Waals surface area contributed by atoms with Crippen LogP contribution in [0.4, 0.5) is 0 Å². The Bertz CT molecular complexity index is 515. The molecule has 0 radical (unpaired) electrons. The van der Waals surface area contributed by atoms with E-state index in [-0.39, 0.29) is 5.92 Å². The van der Waals surface area contributed by atoms with Crippen molar-refractivity contribution >= 4 is 17.7 Å². The molecule has 2 aliphatic rings. The third-order valence-corrected chi connectivity index (χ3v) is 5.92. The molecule has 1 atom stereocenters. The fraction of sp³-hybridized carbons (Fsp3) is 0.688. The van der Waals surface area contributed by atoms with Crippen LogP contribution in [0, 0.1) is 5.92 Å². The van der Waals surface area contributed by atoms with Gasteiger partial charge in [-0.2, -0.15) is 11.8 Å². The Morgan fingerprint density at radius 2 is 2.10 bits per heavy atom. The van der Waals surface area contributed by atoms with Gasteiger partial charge in [0.25, 0.3) is 0 Å². The lowest BCUT2D eigenvalue weighted by Crippen LogP contribution is -2.23. The first-order valence-corrected chi connectivity index (χ1v) is 8.95. The molecule has 0 aromatic carbocycles. The maximum absolute atomic E-state index is 11.1. The van der Waals surface area contributed by atoms with E-state index in [1.54, 1.807) is 0 Å². The van der Waals surface area contributed by atoms with E-state index >= 15 is 0 Å². The van der Waals surface area contributed by atoms with Crippen molar-refractivity contribution in [3.63, 3.8) is 0 Å². The number of carbonyl (C=O) groups is 1. The third-order valence-electron chi connectivity index (χ3n) is 4.55. The number of hydrogen-bond acceptors (Lipinski definition) is 4. The Hall–Kier alpha value is -1.10. The standard InChI is InChI=1S/C16H22N2O2S/c19-16(20)11-6-7-14-12(8-11)9-17-15(18-14)10-21-13-4-2-1-3-5-13/h9,11,13H,1-8,10H2,(H,19,20). The lowest BCUT2D eigenvalue weighted by Gasteiger charge is -2.22. The van der Waals surface area contributed by atoms with Gasteiger partial charge in [0.2, 0.25) is 0 Å². The van der Waals surface area contributed by atoms with Crippen molar-refractivity contribution in [2.24, 2.45) is 5.92 Å². The average molecular weight is 306 g/mol. The number of nitrogens with zero attached hydrogens (tertiary/aromatic N) is 2. The molecular weight excluding hydrogens is 284 g/mol. The minimum Gasteiger partial charge on any atom is -0.481 e. The summed E-state index contributed by atoms with van der Waals surface area (Å²) >= 11 is 1.99. The summed E-state index contributed by atoms with van der Waals surface area (Å²) in [6.45, 7) is 0. The molecule has 0 saturated heterocycles. The molecule has 1 aromatic heterocycles. The summed E-state index contributed by atoms with van der Waals surface area (Å²) < 4.78 is 0. The Labute approximate surface area is 129 Å². The molecule has 1 saturated carbocycles. The van der Waals surface area contributed by atoms with Crippen LogP contribution in [0.15, 0.2) is 6.20 Å². The van der Waals surface area contributed by atoms with Gasteiger partial charge in [0.05, 0.1) is 11.7 Å². The second-order valence-electron chi connectivity index (χ2n) is 6.11. The molecule has 1 aromatic rings. The zero-order valence-corrected chi connectivity index (χ0v) is 13.1. The zero-order valence-electron chi connectivity index (χ0n) is 12.3. The van der Waals surface area contributed by atoms with Gasteiger partial charge in [-0.25, -0.2) is 9.97 Å². The Balaban J connectivity index is 1.59. The molecule has 3 rings (SSSR count). The molecule has 1 heterocycles. The van der Waals surface area contributed by atoms with E-state index in [4.69, 9.17) is 5.11 Å². The molecule has 4 nitrogen and oxygen atoms in total. The van der Waals surface area contributed by atoms with E-state index in [1.165, 1.54) is 32.1 Å². The highest BCUT2D eigenvalue weighted by atomic mass is 32.2. The van der Waals surface area contributed by atoms with Crippen LogP contribution >= 0.6 is 11.8 Å². The number of aliphatic carboxylic acids is 1. The molecule has 1 N–H and O–H groups in total. The van der Waals surface area contributed by atoms with Crippen LogP contribution in [0.5, 0.6) is 0 Å². The Kier molecular flexibility index (Phi) is 4.78. The maximum Gasteiger partial charge on any atom is 0.306 e. The lowest BCUT2D eigenvalue weighted by atomic mass is 9.87. The van der Waals surface area contributed by atoms with Crippen molar-refractivity contribution in [3.05, 3.63) is 23.3 Å². The van der Waals surface area contributed by atoms with Crippen molar-refractivity contribution in [1.82, 2.24) is 9.97 Å². The molecule has 114 valence electrons. The summed E-state index contributed by atoms with van der Waals surface area (Å²) in [6, 6.07) is 0. The second kappa shape index (κ2) is 6.77. The SMILES string of the molecule is O=C(O)C1CCc2nc(CSC3CCCCC3)ncc2C1. The second-order valence-corrected chi connectivity index (χ2v) is 7.40. The van der Waals surface area contributed by atoms with Gasteiger partial charge in [-0.15, -0.1) is 0 Å². The highest BCUT2D eigenvalue weighted by Gasteiger charge is 2.25. The van der Waals surface area contributed by atoms with Gasteiger partial charge in [-0.05, 0) is 37.7 Å². The van der Waals surface area contributed by atoms with E-state index in [9.17, 15) is 4.79 Å². The summed E-state index contributed by atoms with van der Waals surface area (Å²) in [6.07, 6.45) is 10.7. The highest BCUT2D eigenvalue weighted by molar-refractivity contribution is 7.99. The van der Waals surface area contributed by atoms with Crippen molar-refractivity contribution in [1.29, 1.82) is 0 Å². The lowest BCUT2D eigenvalue weighted by molar-refractivity contribution is -0.142. The maximum atomic E-state index is 11.1. The minimum atomic E-state index is -0.697. The summed E-state index contributed by atoms with van der Waals surface area (Å²) in [5.74, 6) is 0.847. The minimum absolute atomic E-state index is 0.261. The third kappa shape index (κ3) is 3.76. The van der Waals surface area contributed by atoms with Crippen LogP contribution < -0.4 is 0 Å². The molecule has 5 heteroatoms. The summed E-state index contributed by atoms with van der Waals surface area (Å²) in [5, 5.41) is 9.88. The molecule has 1 unspecified atom stereocenters. The number of aryl methyl sites for hydroxylation is 1. The zero-order chi connectivity index (χ0) is 14.7. The first kappa shape index (κ1) is 14.8. The van der Waals surface area contributed by atoms with Gasteiger partial charge < -0.3 is 5.11 Å². The highest BCUT2D eigenvalue weighted by Crippen LogP contribution is 2.30. The molecule has 0 amide bonds. The topological polar surface area (TPSA) is 63.1 Å². The van der Waals surface area contributed by atoms with Gasteiger partial charge in [-0.1, -0.05) is 19.3 Å². The van der Waals surface area contributed by atoms with Gasteiger partial charge in [0.15, 0.2) is 0 Å². The molecule has 0 spiro atoms. The Morgan fingerprint density at radius 3 is 2.86 bits per heavy atom. The average Bonchev–Trinajstić information content (AvgIpc) is 2.53. The molecule has 1 fully saturated rings. The molecular formula is C16H22N2O2S. The fourth-order valence-corrected chi connectivity index (χ4v) is 4.44. The van der Waals surface area contributed by atoms with Crippen LogP contribution in [0.2, 0.25) is 0 Å². The number of carboxylic acids is 1. The van der Waals surface area contributed by atoms with Crippen molar-refractivity contribution in [2.45, 2.75) is 62.4 Å². The first-order valence-electron chi connectivity index (χ1n) is 7.90. The van der Waals surface area contributed by atoms with Gasteiger partial charge >= 0.3 is 5.97 Å². The normalized spacial score (nSPS) is 22.8. The summed E-state index contributed by atoms with van der Waals surface area (Å²) in [4.78, 5) is 20.2. The molecule has 21 heavy (non-hydrogen) atoms. The summed E-state index contributed by atoms with van der Waals surface area (Å²) in [5.41, 5.74) is 2.10. The Morgan fingerprint density at radius 1 is 1.29 bits per heavy atom. The van der Waals surface area contributed by atoms with Crippen molar-refractivity contribution in [3.8, 4) is 0 Å². The smallest absolute Gasteiger partial charge is 0.306 e. The van der Waals surface area contributed by atoms with E-state index in [2.05, 4.69) is 9.97 Å². The van der Waals surface area contributed by atoms with Crippen LogP contribution in [-0.4, -0.2) is 26.3 Å². The predicted octanol–water partition coefficient (Wildman–Crippen LogP) is 3.23. The van der Waals surface area contributed by atoms with E-state index < -0.39 is 5.97 Å². The number of carboxylic acid groups (broad SMARTS) is 1. The van der Waals surface area contributed by atoms with Crippen LogP contribution in [0.25, 0.3) is 0 Å². The quantitative estimate of drug-likeness (QED) is 0.925. The van der Waals surface area contributed by atoms with Crippen molar-refractivity contribution < 1.29 is 9.90 Å². The number of hydrogen-bond donors (Lipinski definition) is 1. The predicted molar refractivity (Wildman–Crippen MR) is 83.4 cm³/mol. The van der Waals surface area contributed by atoms with Crippen LogP contribution in [0.1, 0.15) is 55.6 Å². The molecule has 0 bridgehead atoms. The van der Waals surface area contributed by atoms with E-state index in [1.807, 2.05) is 18.0 Å².